The maximum Gasteiger partial charge on any atom is 0.268 e. The van der Waals surface area contributed by atoms with Crippen molar-refractivity contribution >= 4 is 7.82 Å². The molecule has 8 heteroatoms. The van der Waals surface area contributed by atoms with Gasteiger partial charge in [0.1, 0.15) is 19.3 Å². The first-order valence-electron chi connectivity index (χ1n) is 13.9. The Morgan fingerprint density at radius 1 is 0.853 bits per heavy atom. The van der Waals surface area contributed by atoms with E-state index in [1.165, 1.54) is 83.5 Å². The van der Waals surface area contributed by atoms with Crippen LogP contribution in [0, 0.1) is 0 Å². The number of hydrogen-bond acceptors (Lipinski definition) is 6. The molecule has 0 aromatic rings. The van der Waals surface area contributed by atoms with Gasteiger partial charge in [-0.05, 0) is 6.42 Å². The minimum Gasteiger partial charge on any atom is -0.756 e. The smallest absolute Gasteiger partial charge is 0.268 e. The number of hydrogen-bond donors (Lipinski definition) is 0. The standard InChI is InChI=1S/C26H54NO6P/c1-5-6-7-8-9-10-11-12-13-14-15-16-17-18-21-30-24-26-25(19-22-31-26)33-34(28,29)32-23-20-27(2,3)4/h25-26H,5-24H2,1-4H3/t25-,26+/m1/s1. The van der Waals surface area contributed by atoms with Crippen LogP contribution in [0.1, 0.15) is 103 Å². The predicted molar refractivity (Wildman–Crippen MR) is 137 cm³/mol. The summed E-state index contributed by atoms with van der Waals surface area (Å²) in [5.41, 5.74) is 0. The van der Waals surface area contributed by atoms with Gasteiger partial charge in [0.05, 0.1) is 33.9 Å². The summed E-state index contributed by atoms with van der Waals surface area (Å²) in [4.78, 5) is 12.1. The summed E-state index contributed by atoms with van der Waals surface area (Å²) in [6, 6.07) is 0. The summed E-state index contributed by atoms with van der Waals surface area (Å²) in [5, 5.41) is 0. The maximum atomic E-state index is 12.1. The molecule has 0 N–H and O–H groups in total. The molecule has 0 spiro atoms. The van der Waals surface area contributed by atoms with Crippen LogP contribution >= 0.6 is 7.82 Å². The molecular weight excluding hydrogens is 453 g/mol. The third-order valence-electron chi connectivity index (χ3n) is 6.35. The van der Waals surface area contributed by atoms with Gasteiger partial charge in [-0.1, -0.05) is 90.4 Å². The quantitative estimate of drug-likeness (QED) is 0.0981. The van der Waals surface area contributed by atoms with Crippen molar-refractivity contribution < 1.29 is 32.5 Å². The molecule has 1 rings (SSSR count). The van der Waals surface area contributed by atoms with E-state index in [2.05, 4.69) is 6.92 Å². The molecule has 0 aliphatic carbocycles. The highest BCUT2D eigenvalue weighted by molar-refractivity contribution is 7.45. The minimum atomic E-state index is -4.34. The van der Waals surface area contributed by atoms with Gasteiger partial charge in [0, 0.05) is 19.6 Å². The average molecular weight is 508 g/mol. The molecule has 1 heterocycles. The summed E-state index contributed by atoms with van der Waals surface area (Å²) in [6.45, 7) is 4.49. The molecule has 1 aliphatic rings. The SMILES string of the molecule is CCCCCCCCCCCCCCCCOC[C@@H]1OCC[C@H]1OP(=O)([O-])OCC[N+](C)(C)C. The topological polar surface area (TPSA) is 77.1 Å². The van der Waals surface area contributed by atoms with Crippen molar-refractivity contribution in [3.63, 3.8) is 0 Å². The Hall–Kier alpha value is -0.0100. The van der Waals surface area contributed by atoms with Crippen LogP contribution in [0.5, 0.6) is 0 Å². The number of quaternary nitrogens is 1. The fourth-order valence-electron chi connectivity index (χ4n) is 4.13. The summed E-state index contributed by atoms with van der Waals surface area (Å²) < 4.78 is 34.4. The third-order valence-corrected chi connectivity index (χ3v) is 7.38. The van der Waals surface area contributed by atoms with Gasteiger partial charge in [-0.15, -0.1) is 0 Å². The molecule has 34 heavy (non-hydrogen) atoms. The molecule has 0 aromatic carbocycles. The number of rotatable bonds is 23. The molecule has 0 aromatic heterocycles. The van der Waals surface area contributed by atoms with Gasteiger partial charge < -0.3 is 27.9 Å². The largest absolute Gasteiger partial charge is 0.756 e. The lowest BCUT2D eigenvalue weighted by molar-refractivity contribution is -0.870. The van der Waals surface area contributed by atoms with Gasteiger partial charge in [0.2, 0.25) is 0 Å². The Labute approximate surface area is 210 Å². The van der Waals surface area contributed by atoms with E-state index in [1.807, 2.05) is 21.1 Å². The lowest BCUT2D eigenvalue weighted by atomic mass is 10.0. The molecule has 7 nitrogen and oxygen atoms in total. The first-order valence-corrected chi connectivity index (χ1v) is 15.3. The van der Waals surface area contributed by atoms with Gasteiger partial charge in [-0.2, -0.15) is 0 Å². The summed E-state index contributed by atoms with van der Waals surface area (Å²) >= 11 is 0. The Morgan fingerprint density at radius 2 is 1.38 bits per heavy atom. The van der Waals surface area contributed by atoms with Gasteiger partial charge in [-0.3, -0.25) is 4.57 Å². The second-order valence-corrected chi connectivity index (χ2v) is 12.2. The minimum absolute atomic E-state index is 0.109. The van der Waals surface area contributed by atoms with Crippen molar-refractivity contribution in [2.24, 2.45) is 0 Å². The lowest BCUT2D eigenvalue weighted by Crippen LogP contribution is -2.38. The summed E-state index contributed by atoms with van der Waals surface area (Å²) in [6.07, 6.45) is 18.3. The second kappa shape index (κ2) is 19.1. The Kier molecular flexibility index (Phi) is 18.0. The van der Waals surface area contributed by atoms with Crippen LogP contribution in [0.4, 0.5) is 0 Å². The molecule has 1 saturated heterocycles. The third kappa shape index (κ3) is 18.3. The van der Waals surface area contributed by atoms with Crippen LogP contribution in [0.25, 0.3) is 0 Å². The molecule has 0 saturated carbocycles. The molecule has 0 bridgehead atoms. The zero-order valence-corrected chi connectivity index (χ0v) is 23.5. The van der Waals surface area contributed by atoms with Gasteiger partial charge in [-0.25, -0.2) is 0 Å². The second-order valence-electron chi connectivity index (χ2n) is 10.8. The van der Waals surface area contributed by atoms with E-state index in [0.717, 1.165) is 6.42 Å². The zero-order chi connectivity index (χ0) is 25.1. The molecule has 0 amide bonds. The molecular formula is C26H54NO6P. The molecule has 3 atom stereocenters. The first kappa shape index (κ1) is 32.0. The van der Waals surface area contributed by atoms with Crippen molar-refractivity contribution in [1.82, 2.24) is 0 Å². The monoisotopic (exact) mass is 507 g/mol. The number of unbranched alkanes of at least 4 members (excludes halogenated alkanes) is 13. The Balaban J connectivity index is 1.96. The van der Waals surface area contributed by atoms with Gasteiger partial charge >= 0.3 is 0 Å². The highest BCUT2D eigenvalue weighted by atomic mass is 31.2. The highest BCUT2D eigenvalue weighted by Gasteiger charge is 2.32. The van der Waals surface area contributed by atoms with E-state index in [4.69, 9.17) is 18.5 Å². The van der Waals surface area contributed by atoms with Crippen molar-refractivity contribution in [3.8, 4) is 0 Å². The molecule has 204 valence electrons. The van der Waals surface area contributed by atoms with Crippen molar-refractivity contribution in [3.05, 3.63) is 0 Å². The number of nitrogens with zero attached hydrogens (tertiary/aromatic N) is 1. The first-order chi connectivity index (χ1) is 16.2. The normalized spacial score (nSPS) is 20.6. The number of phosphoric acid groups is 1. The molecule has 0 radical (unpaired) electrons. The van der Waals surface area contributed by atoms with Crippen LogP contribution in [-0.4, -0.2) is 70.8 Å². The molecule has 1 unspecified atom stereocenters. The van der Waals surface area contributed by atoms with Crippen molar-refractivity contribution in [1.29, 1.82) is 0 Å². The molecule has 1 aliphatic heterocycles. The Morgan fingerprint density at radius 3 is 1.91 bits per heavy atom. The van der Waals surface area contributed by atoms with Crippen molar-refractivity contribution in [2.45, 2.75) is 115 Å². The summed E-state index contributed by atoms with van der Waals surface area (Å²) in [5.74, 6) is 0. The lowest BCUT2D eigenvalue weighted by Gasteiger charge is -2.30. The number of likely N-dealkylation sites (N-methyl/N-ethyl adjacent to an activating group) is 1. The molecule has 1 fully saturated rings. The zero-order valence-electron chi connectivity index (χ0n) is 22.6. The van der Waals surface area contributed by atoms with E-state index in [-0.39, 0.29) is 12.7 Å². The average Bonchev–Trinajstić information content (AvgIpc) is 3.18. The summed E-state index contributed by atoms with van der Waals surface area (Å²) in [7, 11) is 1.61. The van der Waals surface area contributed by atoms with E-state index in [0.29, 0.717) is 37.3 Å². The fourth-order valence-corrected chi connectivity index (χ4v) is 5.06. The Bertz CT molecular complexity index is 528. The maximum absolute atomic E-state index is 12.1. The predicted octanol–water partition coefficient (Wildman–Crippen LogP) is 5.85. The van der Waals surface area contributed by atoms with E-state index >= 15 is 0 Å². The van der Waals surface area contributed by atoms with Crippen LogP contribution in [0.2, 0.25) is 0 Å². The fraction of sp³-hybridized carbons (Fsp3) is 1.00. The number of ether oxygens (including phenoxy) is 2. The van der Waals surface area contributed by atoms with E-state index < -0.39 is 13.9 Å². The van der Waals surface area contributed by atoms with Gasteiger partial charge in [0.25, 0.3) is 7.82 Å². The van der Waals surface area contributed by atoms with E-state index in [1.54, 1.807) is 0 Å². The van der Waals surface area contributed by atoms with Gasteiger partial charge in [0.15, 0.2) is 0 Å². The number of phosphoric ester groups is 1. The van der Waals surface area contributed by atoms with Crippen molar-refractivity contribution in [2.75, 3.05) is 54.1 Å². The highest BCUT2D eigenvalue weighted by Crippen LogP contribution is 2.42. The van der Waals surface area contributed by atoms with E-state index in [9.17, 15) is 9.46 Å². The van der Waals surface area contributed by atoms with Crippen LogP contribution in [-0.2, 0) is 23.1 Å². The van der Waals surface area contributed by atoms with Crippen LogP contribution in [0.15, 0.2) is 0 Å². The van der Waals surface area contributed by atoms with Crippen LogP contribution < -0.4 is 4.89 Å². The van der Waals surface area contributed by atoms with Crippen LogP contribution in [0.3, 0.4) is 0 Å².